The second-order valence-corrected chi connectivity index (χ2v) is 5.24. The second-order valence-electron chi connectivity index (χ2n) is 5.24. The van der Waals surface area contributed by atoms with Gasteiger partial charge < -0.3 is 9.94 Å². The quantitative estimate of drug-likeness (QED) is 0.401. The minimum Gasteiger partial charge on any atom is -0.389 e. The molecule has 30 heavy (non-hydrogen) atoms. The van der Waals surface area contributed by atoms with Gasteiger partial charge in [0.15, 0.2) is 6.61 Å². The van der Waals surface area contributed by atoms with E-state index in [1.807, 2.05) is 71.9 Å². The van der Waals surface area contributed by atoms with Crippen LogP contribution in [0.4, 0.5) is 0 Å². The van der Waals surface area contributed by atoms with E-state index in [9.17, 15) is 0 Å². The van der Waals surface area contributed by atoms with Crippen LogP contribution in [0.25, 0.3) is 0 Å². The van der Waals surface area contributed by atoms with Gasteiger partial charge in [-0.2, -0.15) is 5.21 Å². The predicted octanol–water partition coefficient (Wildman–Crippen LogP) is 4.98. The summed E-state index contributed by atoms with van der Waals surface area (Å²) in [5.41, 5.74) is 3.38. The first-order chi connectivity index (χ1) is 14.2. The molecule has 0 bridgehead atoms. The summed E-state index contributed by atoms with van der Waals surface area (Å²) in [6.07, 6.45) is 16.2. The van der Waals surface area contributed by atoms with Crippen molar-refractivity contribution in [3.05, 3.63) is 65.2 Å². The molecule has 1 aromatic rings. The Balaban J connectivity index is 0. The summed E-state index contributed by atoms with van der Waals surface area (Å²) in [5.74, 6) is 0.329. The zero-order valence-electron chi connectivity index (χ0n) is 19.2. The van der Waals surface area contributed by atoms with Gasteiger partial charge in [0, 0.05) is 44.5 Å². The topological polar surface area (TPSA) is 86.7 Å². The van der Waals surface area contributed by atoms with Crippen LogP contribution in [0.15, 0.2) is 69.5 Å². The number of rotatable bonds is 7. The number of tetrazole rings is 1. The van der Waals surface area contributed by atoms with Crippen molar-refractivity contribution in [1.82, 2.24) is 20.6 Å². The smallest absolute Gasteiger partial charge is 0.158 e. The third-order valence-corrected chi connectivity index (χ3v) is 3.32. The maximum Gasteiger partial charge on any atom is 0.158 e. The Kier molecular flexibility index (Phi) is 20.4. The van der Waals surface area contributed by atoms with E-state index in [1.165, 1.54) is 5.57 Å². The van der Waals surface area contributed by atoms with Gasteiger partial charge in [-0.3, -0.25) is 15.3 Å². The van der Waals surface area contributed by atoms with Crippen LogP contribution < -0.4 is 5.10 Å². The molecule has 1 aromatic heterocycles. The molecule has 0 fully saturated rings. The van der Waals surface area contributed by atoms with Crippen molar-refractivity contribution in [2.75, 3.05) is 6.61 Å². The van der Waals surface area contributed by atoms with Crippen LogP contribution in [-0.4, -0.2) is 34.1 Å². The summed E-state index contributed by atoms with van der Waals surface area (Å²) in [4.78, 5) is 9.77. The Bertz CT molecular complexity index is 772. The van der Waals surface area contributed by atoms with Gasteiger partial charge in [-0.25, -0.2) is 0 Å². The molecule has 0 aliphatic heterocycles. The van der Waals surface area contributed by atoms with Crippen molar-refractivity contribution in [3.8, 4) is 0 Å². The predicted molar refractivity (Wildman–Crippen MR) is 121 cm³/mol. The van der Waals surface area contributed by atoms with Crippen molar-refractivity contribution < 1.29 is 37.5 Å². The van der Waals surface area contributed by atoms with Crippen LogP contribution in [0, 0.1) is 0 Å². The molecule has 1 aliphatic rings. The first-order valence-electron chi connectivity index (χ1n) is 9.98. The molecule has 0 saturated heterocycles. The van der Waals surface area contributed by atoms with E-state index >= 15 is 0 Å². The molecule has 161 valence electrons. The summed E-state index contributed by atoms with van der Waals surface area (Å²) >= 11 is 0. The third kappa shape index (κ3) is 11.9. The molecule has 0 aromatic carbocycles. The number of allylic oxidation sites excluding steroid dienone is 9. The van der Waals surface area contributed by atoms with Gasteiger partial charge in [0.25, 0.3) is 0 Å². The Hall–Kier alpha value is -1.99. The molecule has 1 radical (unpaired) electrons. The van der Waals surface area contributed by atoms with E-state index in [0.717, 1.165) is 17.7 Å². The number of aromatic nitrogens is 4. The number of oxime groups is 1. The van der Waals surface area contributed by atoms with Crippen LogP contribution in [-0.2, 0) is 37.5 Å². The van der Waals surface area contributed by atoms with Crippen LogP contribution in [0.5, 0.6) is 0 Å². The first kappa shape index (κ1) is 30.2. The minimum atomic E-state index is 0. The van der Waals surface area contributed by atoms with Gasteiger partial charge in [-0.15, -0.1) is 0 Å². The molecule has 7 nitrogen and oxygen atoms in total. The van der Waals surface area contributed by atoms with E-state index in [4.69, 9.17) is 4.84 Å². The van der Waals surface area contributed by atoms with E-state index in [2.05, 4.69) is 49.8 Å². The number of aliphatic imine (C=N–C) groups is 1. The van der Waals surface area contributed by atoms with Gasteiger partial charge in [0.05, 0.1) is 11.5 Å². The fraction of sp³-hybridized carbons (Fsp3) is 0.409. The van der Waals surface area contributed by atoms with E-state index < -0.39 is 0 Å². The summed E-state index contributed by atoms with van der Waals surface area (Å²) in [7, 11) is 0. The first-order valence-corrected chi connectivity index (χ1v) is 9.98. The normalized spacial score (nSPS) is 14.0. The Morgan fingerprint density at radius 2 is 1.97 bits per heavy atom. The molecule has 2 rings (SSSR count). The Morgan fingerprint density at radius 1 is 1.23 bits per heavy atom. The molecule has 0 spiro atoms. The van der Waals surface area contributed by atoms with Crippen molar-refractivity contribution in [2.45, 2.75) is 54.9 Å². The maximum atomic E-state index is 5.48. The van der Waals surface area contributed by atoms with E-state index in [1.54, 1.807) is 6.21 Å². The molecule has 1 aliphatic carbocycles. The van der Waals surface area contributed by atoms with Crippen molar-refractivity contribution >= 4 is 11.9 Å². The average Bonchev–Trinajstić information content (AvgIpc) is 3.21. The maximum absolute atomic E-state index is 5.48. The van der Waals surface area contributed by atoms with Crippen LogP contribution in [0.2, 0.25) is 0 Å². The monoisotopic (exact) mass is 486 g/mol. The summed E-state index contributed by atoms with van der Waals surface area (Å²) in [6, 6.07) is 0. The zero-order chi connectivity index (χ0) is 21.9. The average molecular weight is 486 g/mol. The van der Waals surface area contributed by atoms with Gasteiger partial charge in [-0.05, 0) is 33.3 Å². The van der Waals surface area contributed by atoms with Crippen molar-refractivity contribution in [3.63, 3.8) is 0 Å². The SMILES string of the molecule is CC.CC.C\C=C/C=N\C(=C/C)CON=C(C1=CCC(C)=CC=C1)c1nnn[n-]1.[Y]. The van der Waals surface area contributed by atoms with E-state index in [-0.39, 0.29) is 39.3 Å². The fourth-order valence-corrected chi connectivity index (χ4v) is 1.94. The van der Waals surface area contributed by atoms with Crippen molar-refractivity contribution in [1.29, 1.82) is 0 Å². The number of nitrogens with zero attached hydrogens (tertiary/aromatic N) is 6. The third-order valence-electron chi connectivity index (χ3n) is 3.32. The van der Waals surface area contributed by atoms with Crippen LogP contribution in [0.1, 0.15) is 60.7 Å². The zero-order valence-corrected chi connectivity index (χ0v) is 22.0. The fourth-order valence-electron chi connectivity index (χ4n) is 1.94. The van der Waals surface area contributed by atoms with Gasteiger partial charge in [0.2, 0.25) is 0 Å². The van der Waals surface area contributed by atoms with Gasteiger partial charge >= 0.3 is 0 Å². The summed E-state index contributed by atoms with van der Waals surface area (Å²) in [6.45, 7) is 14.1. The van der Waals surface area contributed by atoms with E-state index in [0.29, 0.717) is 11.5 Å². The molecule has 0 N–H and O–H groups in total. The van der Waals surface area contributed by atoms with Gasteiger partial charge in [-0.1, -0.05) is 74.9 Å². The van der Waals surface area contributed by atoms with Crippen LogP contribution in [0.3, 0.4) is 0 Å². The molecular formula is C22H33N6OY-. The van der Waals surface area contributed by atoms with Crippen molar-refractivity contribution in [2.24, 2.45) is 10.1 Å². The molecule has 8 heteroatoms. The number of hydrogen-bond donors (Lipinski definition) is 0. The minimum absolute atomic E-state index is 0. The Labute approximate surface area is 206 Å². The molecule has 0 unspecified atom stereocenters. The number of hydrogen-bond acceptors (Lipinski definition) is 6. The second kappa shape index (κ2) is 20.3. The standard InChI is InChI=1S/C18H21N6O.2C2H6.Y/c1-4-6-12-19-16(5-2)13-25-22-17(18-20-23-24-21-18)15-9-7-8-14(3)10-11-15;2*1-2;/h4-9,11-12H,10,13H2,1-3H3;2*1-2H3;/q-1;;;/b6-4-,16-5-,19-12-,22-17?;;;. The molecule has 0 atom stereocenters. The summed E-state index contributed by atoms with van der Waals surface area (Å²) < 4.78 is 0. The molecular weight excluding hydrogens is 453 g/mol. The summed E-state index contributed by atoms with van der Waals surface area (Å²) in [5, 5.41) is 19.1. The molecule has 1 heterocycles. The Morgan fingerprint density at radius 3 is 2.57 bits per heavy atom. The largest absolute Gasteiger partial charge is 0.389 e. The van der Waals surface area contributed by atoms with Crippen LogP contribution >= 0.6 is 0 Å². The molecule has 0 amide bonds. The van der Waals surface area contributed by atoms with Gasteiger partial charge in [0.1, 0.15) is 5.71 Å². The molecule has 0 saturated carbocycles.